The van der Waals surface area contributed by atoms with Crippen molar-refractivity contribution in [2.24, 2.45) is 0 Å². The van der Waals surface area contributed by atoms with Gasteiger partial charge in [0.25, 0.3) is 0 Å². The lowest BCUT2D eigenvalue weighted by atomic mass is 10.1. The number of carbonyl (C=O) groups excluding carboxylic acids is 1. The van der Waals surface area contributed by atoms with Crippen molar-refractivity contribution in [2.75, 3.05) is 13.2 Å². The van der Waals surface area contributed by atoms with E-state index in [1.54, 1.807) is 23.1 Å². The van der Waals surface area contributed by atoms with Crippen molar-refractivity contribution in [3.8, 4) is 11.5 Å². The number of hydrogen-bond donors (Lipinski definition) is 1. The van der Waals surface area contributed by atoms with E-state index in [9.17, 15) is 4.79 Å². The highest BCUT2D eigenvalue weighted by molar-refractivity contribution is 5.80. The minimum atomic E-state index is -0.352. The first-order chi connectivity index (χ1) is 10.6. The van der Waals surface area contributed by atoms with Crippen LogP contribution in [0.3, 0.4) is 0 Å². The summed E-state index contributed by atoms with van der Waals surface area (Å²) in [4.78, 5) is 12.3. The Morgan fingerprint density at radius 3 is 2.77 bits per heavy atom. The lowest BCUT2D eigenvalue weighted by Crippen LogP contribution is -2.33. The van der Waals surface area contributed by atoms with Crippen molar-refractivity contribution in [1.82, 2.24) is 15.1 Å². The summed E-state index contributed by atoms with van der Waals surface area (Å²) in [5.74, 6) is 1.40. The minimum Gasteiger partial charge on any atom is -0.486 e. The molecular weight excluding hydrogens is 282 g/mol. The maximum absolute atomic E-state index is 12.3. The molecule has 22 heavy (non-hydrogen) atoms. The number of ether oxygens (including phenoxy) is 2. The largest absolute Gasteiger partial charge is 0.486 e. The second-order valence-corrected chi connectivity index (χ2v) is 5.30. The smallest absolute Gasteiger partial charge is 0.245 e. The van der Waals surface area contributed by atoms with E-state index in [-0.39, 0.29) is 18.0 Å². The van der Waals surface area contributed by atoms with Gasteiger partial charge in [-0.3, -0.25) is 9.48 Å². The summed E-state index contributed by atoms with van der Waals surface area (Å²) in [5, 5.41) is 7.09. The molecule has 2 heterocycles. The van der Waals surface area contributed by atoms with Crippen LogP contribution in [-0.2, 0) is 4.79 Å². The summed E-state index contributed by atoms with van der Waals surface area (Å²) in [6.45, 7) is 4.88. The Hall–Kier alpha value is -2.50. The monoisotopic (exact) mass is 301 g/mol. The predicted octanol–water partition coefficient (Wildman–Crippen LogP) is 2.09. The molecule has 0 radical (unpaired) electrons. The number of carbonyl (C=O) groups is 1. The molecule has 1 aliphatic rings. The second-order valence-electron chi connectivity index (χ2n) is 5.30. The Kier molecular flexibility index (Phi) is 4.00. The average molecular weight is 301 g/mol. The van der Waals surface area contributed by atoms with Crippen molar-refractivity contribution in [1.29, 1.82) is 0 Å². The Morgan fingerprint density at radius 2 is 2.05 bits per heavy atom. The first-order valence-corrected chi connectivity index (χ1v) is 7.34. The van der Waals surface area contributed by atoms with E-state index in [2.05, 4.69) is 10.4 Å². The molecule has 0 spiro atoms. The highest BCUT2D eigenvalue weighted by Gasteiger charge is 2.19. The van der Waals surface area contributed by atoms with Gasteiger partial charge in [0, 0.05) is 12.4 Å². The quantitative estimate of drug-likeness (QED) is 0.939. The van der Waals surface area contributed by atoms with Gasteiger partial charge in [-0.05, 0) is 37.6 Å². The standard InChI is InChI=1S/C16H19N3O3/c1-11(18-16(20)12(2)19-7-3-6-17-19)13-4-5-14-15(10-13)22-9-8-21-14/h3-7,10-12H,8-9H2,1-2H3,(H,18,20)/t11-,12-/m0/s1. The van der Waals surface area contributed by atoms with Crippen LogP contribution in [-0.4, -0.2) is 28.9 Å². The molecule has 1 aromatic carbocycles. The van der Waals surface area contributed by atoms with Crippen LogP contribution >= 0.6 is 0 Å². The molecule has 1 aromatic heterocycles. The highest BCUT2D eigenvalue weighted by Crippen LogP contribution is 2.32. The zero-order valence-corrected chi connectivity index (χ0v) is 12.7. The molecule has 0 bridgehead atoms. The van der Waals surface area contributed by atoms with Gasteiger partial charge in [0.05, 0.1) is 6.04 Å². The summed E-state index contributed by atoms with van der Waals surface area (Å²) < 4.78 is 12.7. The van der Waals surface area contributed by atoms with Gasteiger partial charge in [-0.1, -0.05) is 6.07 Å². The maximum Gasteiger partial charge on any atom is 0.245 e. The molecule has 0 aliphatic carbocycles. The van der Waals surface area contributed by atoms with Crippen LogP contribution < -0.4 is 14.8 Å². The topological polar surface area (TPSA) is 65.4 Å². The second kappa shape index (κ2) is 6.09. The van der Waals surface area contributed by atoms with Crippen LogP contribution in [0.4, 0.5) is 0 Å². The Labute approximate surface area is 129 Å². The van der Waals surface area contributed by atoms with Crippen LogP contribution in [0.2, 0.25) is 0 Å². The minimum absolute atomic E-state index is 0.0777. The number of nitrogens with zero attached hydrogens (tertiary/aromatic N) is 2. The van der Waals surface area contributed by atoms with Crippen molar-refractivity contribution in [3.63, 3.8) is 0 Å². The fourth-order valence-electron chi connectivity index (χ4n) is 2.38. The van der Waals surface area contributed by atoms with E-state index in [4.69, 9.17) is 9.47 Å². The molecule has 0 unspecified atom stereocenters. The van der Waals surface area contributed by atoms with Crippen LogP contribution in [0.1, 0.15) is 31.5 Å². The van der Waals surface area contributed by atoms with Gasteiger partial charge in [-0.15, -0.1) is 0 Å². The number of benzene rings is 1. The maximum atomic E-state index is 12.3. The third-order valence-corrected chi connectivity index (χ3v) is 3.73. The van der Waals surface area contributed by atoms with Gasteiger partial charge in [-0.2, -0.15) is 5.10 Å². The Morgan fingerprint density at radius 1 is 1.27 bits per heavy atom. The van der Waals surface area contributed by atoms with Crippen molar-refractivity contribution in [2.45, 2.75) is 25.9 Å². The predicted molar refractivity (Wildman–Crippen MR) is 80.9 cm³/mol. The fraction of sp³-hybridized carbons (Fsp3) is 0.375. The van der Waals surface area contributed by atoms with Gasteiger partial charge in [-0.25, -0.2) is 0 Å². The van der Waals surface area contributed by atoms with Gasteiger partial charge in [0.1, 0.15) is 19.3 Å². The molecule has 0 fully saturated rings. The number of nitrogens with one attached hydrogen (secondary N) is 1. The third-order valence-electron chi connectivity index (χ3n) is 3.73. The first-order valence-electron chi connectivity index (χ1n) is 7.34. The van der Waals surface area contributed by atoms with Gasteiger partial charge in [0.2, 0.25) is 5.91 Å². The zero-order valence-electron chi connectivity index (χ0n) is 12.7. The van der Waals surface area contributed by atoms with Crippen LogP contribution in [0.5, 0.6) is 11.5 Å². The normalized spacial score (nSPS) is 15.9. The summed E-state index contributed by atoms with van der Waals surface area (Å²) in [6.07, 6.45) is 3.44. The van der Waals surface area contributed by atoms with Crippen molar-refractivity contribution >= 4 is 5.91 Å². The van der Waals surface area contributed by atoms with E-state index in [0.29, 0.717) is 13.2 Å². The molecule has 0 saturated heterocycles. The summed E-state index contributed by atoms with van der Waals surface area (Å²) in [5.41, 5.74) is 0.977. The van der Waals surface area contributed by atoms with E-state index >= 15 is 0 Å². The molecular formula is C16H19N3O3. The SMILES string of the molecule is C[C@H](NC(=O)[C@H](C)n1cccn1)c1ccc2c(c1)OCCO2. The summed E-state index contributed by atoms with van der Waals surface area (Å²) in [7, 11) is 0. The molecule has 1 N–H and O–H groups in total. The Bertz CT molecular complexity index is 655. The average Bonchev–Trinajstić information content (AvgIpc) is 3.08. The third kappa shape index (κ3) is 2.90. The van der Waals surface area contributed by atoms with E-state index in [1.807, 2.05) is 32.0 Å². The van der Waals surface area contributed by atoms with Crippen LogP contribution in [0.25, 0.3) is 0 Å². The molecule has 116 valence electrons. The van der Waals surface area contributed by atoms with Crippen LogP contribution in [0.15, 0.2) is 36.7 Å². The molecule has 1 amide bonds. The molecule has 6 heteroatoms. The number of hydrogen-bond acceptors (Lipinski definition) is 4. The lowest BCUT2D eigenvalue weighted by Gasteiger charge is -2.22. The number of fused-ring (bicyclic) bond motifs is 1. The number of amides is 1. The van der Waals surface area contributed by atoms with E-state index in [1.165, 1.54) is 0 Å². The van der Waals surface area contributed by atoms with Gasteiger partial charge < -0.3 is 14.8 Å². The molecule has 1 aliphatic heterocycles. The molecule has 2 aromatic rings. The summed E-state index contributed by atoms with van der Waals surface area (Å²) in [6, 6.07) is 7.06. The first kappa shape index (κ1) is 14.4. The van der Waals surface area contributed by atoms with Gasteiger partial charge in [0.15, 0.2) is 11.5 Å². The molecule has 3 rings (SSSR count). The summed E-state index contributed by atoms with van der Waals surface area (Å²) >= 11 is 0. The number of rotatable bonds is 4. The van der Waals surface area contributed by atoms with Crippen molar-refractivity contribution in [3.05, 3.63) is 42.2 Å². The van der Waals surface area contributed by atoms with Crippen molar-refractivity contribution < 1.29 is 14.3 Å². The van der Waals surface area contributed by atoms with E-state index in [0.717, 1.165) is 17.1 Å². The molecule has 2 atom stereocenters. The van der Waals surface area contributed by atoms with E-state index < -0.39 is 0 Å². The van der Waals surface area contributed by atoms with Crippen LogP contribution in [0, 0.1) is 0 Å². The fourth-order valence-corrected chi connectivity index (χ4v) is 2.38. The number of aromatic nitrogens is 2. The van der Waals surface area contributed by atoms with Gasteiger partial charge >= 0.3 is 0 Å². The molecule has 6 nitrogen and oxygen atoms in total. The molecule has 0 saturated carbocycles. The zero-order chi connectivity index (χ0) is 15.5. The highest BCUT2D eigenvalue weighted by atomic mass is 16.6. The Balaban J connectivity index is 1.69. The lowest BCUT2D eigenvalue weighted by molar-refractivity contribution is -0.124.